The van der Waals surface area contributed by atoms with E-state index in [4.69, 9.17) is 4.74 Å². The number of amides is 1. The highest BCUT2D eigenvalue weighted by Crippen LogP contribution is 2.17. The topological polar surface area (TPSA) is 68.2 Å². The lowest BCUT2D eigenvalue weighted by molar-refractivity contribution is 0.0751. The summed E-state index contributed by atoms with van der Waals surface area (Å²) < 4.78 is 5.53. The van der Waals surface area contributed by atoms with Crippen LogP contribution in [-0.2, 0) is 6.54 Å². The maximum absolute atomic E-state index is 12.8. The highest BCUT2D eigenvalue weighted by Gasteiger charge is 2.16. The molecule has 1 aromatic carbocycles. The van der Waals surface area contributed by atoms with E-state index < -0.39 is 0 Å². The lowest BCUT2D eigenvalue weighted by Crippen LogP contribution is -2.30. The second kappa shape index (κ2) is 8.89. The number of benzene rings is 1. The van der Waals surface area contributed by atoms with E-state index in [0.717, 1.165) is 16.9 Å². The quantitative estimate of drug-likeness (QED) is 0.642. The van der Waals surface area contributed by atoms with Gasteiger partial charge in [-0.15, -0.1) is 0 Å². The van der Waals surface area contributed by atoms with Gasteiger partial charge in [0.1, 0.15) is 5.75 Å². The van der Waals surface area contributed by atoms with E-state index in [9.17, 15) is 4.79 Å². The molecule has 0 fully saturated rings. The molecule has 0 saturated heterocycles. The van der Waals surface area contributed by atoms with Crippen molar-refractivity contribution in [2.24, 2.45) is 0 Å². The minimum absolute atomic E-state index is 0.0967. The normalized spacial score (nSPS) is 10.4. The van der Waals surface area contributed by atoms with E-state index in [1.807, 2.05) is 50.2 Å². The molecule has 2 heterocycles. The van der Waals surface area contributed by atoms with Gasteiger partial charge in [0.05, 0.1) is 12.2 Å². The van der Waals surface area contributed by atoms with Crippen molar-refractivity contribution < 1.29 is 9.53 Å². The van der Waals surface area contributed by atoms with Gasteiger partial charge in [-0.2, -0.15) is 0 Å². The Morgan fingerprint density at radius 1 is 1.07 bits per heavy atom. The summed E-state index contributed by atoms with van der Waals surface area (Å²) in [5.41, 5.74) is 2.35. The third-order valence-electron chi connectivity index (χ3n) is 4.09. The zero-order chi connectivity index (χ0) is 19.1. The number of carbonyl (C=O) groups is 1. The molecule has 0 N–H and O–H groups in total. The van der Waals surface area contributed by atoms with Gasteiger partial charge in [-0.3, -0.25) is 9.78 Å². The van der Waals surface area contributed by atoms with E-state index in [1.165, 1.54) is 0 Å². The molecule has 138 valence electrons. The highest BCUT2D eigenvalue weighted by molar-refractivity contribution is 5.93. The van der Waals surface area contributed by atoms with Gasteiger partial charge >= 0.3 is 0 Å². The van der Waals surface area contributed by atoms with Crippen molar-refractivity contribution in [2.75, 3.05) is 13.2 Å². The van der Waals surface area contributed by atoms with E-state index in [-0.39, 0.29) is 5.91 Å². The van der Waals surface area contributed by atoms with Gasteiger partial charge in [0.15, 0.2) is 5.82 Å². The van der Waals surface area contributed by atoms with Crippen molar-refractivity contribution in [3.63, 3.8) is 0 Å². The van der Waals surface area contributed by atoms with Gasteiger partial charge in [-0.1, -0.05) is 12.1 Å². The highest BCUT2D eigenvalue weighted by atomic mass is 16.5. The monoisotopic (exact) mass is 362 g/mol. The summed E-state index contributed by atoms with van der Waals surface area (Å²) in [5, 5.41) is 0. The molecule has 0 aliphatic heterocycles. The minimum atomic E-state index is -0.0967. The molecule has 2 aromatic heterocycles. The number of pyridine rings is 1. The SMILES string of the molecule is CCOc1cccc(CN(CC)C(=O)c2cnc(-c3ccncc3)nc2)c1. The van der Waals surface area contributed by atoms with Gasteiger partial charge in [0.2, 0.25) is 0 Å². The number of hydrogen-bond donors (Lipinski definition) is 0. The first-order chi connectivity index (χ1) is 13.2. The molecule has 0 bridgehead atoms. The number of hydrogen-bond acceptors (Lipinski definition) is 5. The molecular weight excluding hydrogens is 340 g/mol. The summed E-state index contributed by atoms with van der Waals surface area (Å²) in [4.78, 5) is 27.2. The van der Waals surface area contributed by atoms with Crippen molar-refractivity contribution in [3.05, 3.63) is 72.3 Å². The fourth-order valence-electron chi connectivity index (χ4n) is 2.72. The molecule has 6 nitrogen and oxygen atoms in total. The Labute approximate surface area is 158 Å². The van der Waals surface area contributed by atoms with Crippen LogP contribution >= 0.6 is 0 Å². The fraction of sp³-hybridized carbons (Fsp3) is 0.238. The summed E-state index contributed by atoms with van der Waals surface area (Å²) in [6.07, 6.45) is 6.52. The average molecular weight is 362 g/mol. The predicted octanol–water partition coefficient (Wildman–Crippen LogP) is 3.60. The lowest BCUT2D eigenvalue weighted by atomic mass is 10.2. The van der Waals surface area contributed by atoms with Crippen LogP contribution in [0.15, 0.2) is 61.2 Å². The lowest BCUT2D eigenvalue weighted by Gasteiger charge is -2.21. The minimum Gasteiger partial charge on any atom is -0.494 e. The van der Waals surface area contributed by atoms with Crippen molar-refractivity contribution >= 4 is 5.91 Å². The molecule has 3 aromatic rings. The van der Waals surface area contributed by atoms with Crippen LogP contribution in [0.2, 0.25) is 0 Å². The van der Waals surface area contributed by atoms with Crippen molar-refractivity contribution in [1.29, 1.82) is 0 Å². The standard InChI is InChI=1S/C21H22N4O2/c1-3-25(15-16-6-5-7-19(12-16)27-4-2)21(26)18-13-23-20(24-14-18)17-8-10-22-11-9-17/h5-14H,3-4,15H2,1-2H3. The Hall–Kier alpha value is -3.28. The molecular formula is C21H22N4O2. The molecule has 0 unspecified atom stereocenters. The predicted molar refractivity (Wildman–Crippen MR) is 103 cm³/mol. The van der Waals surface area contributed by atoms with Crippen LogP contribution in [0.3, 0.4) is 0 Å². The molecule has 27 heavy (non-hydrogen) atoms. The molecule has 0 saturated carbocycles. The largest absolute Gasteiger partial charge is 0.494 e. The molecule has 0 spiro atoms. The first kappa shape index (κ1) is 18.5. The van der Waals surface area contributed by atoms with Gasteiger partial charge in [0.25, 0.3) is 5.91 Å². The third-order valence-corrected chi connectivity index (χ3v) is 4.09. The maximum Gasteiger partial charge on any atom is 0.257 e. The first-order valence-electron chi connectivity index (χ1n) is 8.94. The zero-order valence-electron chi connectivity index (χ0n) is 15.5. The van der Waals surface area contributed by atoms with Crippen LogP contribution in [0.25, 0.3) is 11.4 Å². The third kappa shape index (κ3) is 4.67. The summed E-state index contributed by atoms with van der Waals surface area (Å²) in [7, 11) is 0. The maximum atomic E-state index is 12.8. The van der Waals surface area contributed by atoms with Crippen molar-refractivity contribution in [3.8, 4) is 17.1 Å². The van der Waals surface area contributed by atoms with Crippen LogP contribution in [0.1, 0.15) is 29.8 Å². The van der Waals surface area contributed by atoms with Gasteiger partial charge in [0, 0.05) is 43.4 Å². The Morgan fingerprint density at radius 2 is 1.81 bits per heavy atom. The summed E-state index contributed by atoms with van der Waals surface area (Å²) in [6, 6.07) is 11.5. The number of carbonyl (C=O) groups excluding carboxylic acids is 1. The zero-order valence-corrected chi connectivity index (χ0v) is 15.5. The second-order valence-electron chi connectivity index (χ2n) is 5.93. The molecule has 6 heteroatoms. The summed E-state index contributed by atoms with van der Waals surface area (Å²) >= 11 is 0. The molecule has 1 amide bonds. The van der Waals surface area contributed by atoms with Crippen LogP contribution in [0, 0.1) is 0 Å². The molecule has 0 radical (unpaired) electrons. The Kier molecular flexibility index (Phi) is 6.10. The van der Waals surface area contributed by atoms with Crippen molar-refractivity contribution in [2.45, 2.75) is 20.4 Å². The van der Waals surface area contributed by atoms with E-state index in [0.29, 0.717) is 31.1 Å². The fourth-order valence-corrected chi connectivity index (χ4v) is 2.72. The summed E-state index contributed by atoms with van der Waals surface area (Å²) in [5.74, 6) is 1.28. The molecule has 3 rings (SSSR count). The first-order valence-corrected chi connectivity index (χ1v) is 8.94. The van der Waals surface area contributed by atoms with E-state index in [2.05, 4.69) is 15.0 Å². The molecule has 0 aliphatic carbocycles. The molecule has 0 atom stereocenters. The number of ether oxygens (including phenoxy) is 1. The number of nitrogens with zero attached hydrogens (tertiary/aromatic N) is 4. The van der Waals surface area contributed by atoms with Gasteiger partial charge in [-0.05, 0) is 43.7 Å². The van der Waals surface area contributed by atoms with Crippen LogP contribution < -0.4 is 4.74 Å². The van der Waals surface area contributed by atoms with Gasteiger partial charge in [-0.25, -0.2) is 9.97 Å². The number of aromatic nitrogens is 3. The van der Waals surface area contributed by atoms with E-state index >= 15 is 0 Å². The Balaban J connectivity index is 1.74. The molecule has 0 aliphatic rings. The van der Waals surface area contributed by atoms with Crippen LogP contribution in [0.5, 0.6) is 5.75 Å². The van der Waals surface area contributed by atoms with Crippen molar-refractivity contribution in [1.82, 2.24) is 19.9 Å². The Morgan fingerprint density at radius 3 is 2.48 bits per heavy atom. The van der Waals surface area contributed by atoms with E-state index in [1.54, 1.807) is 29.7 Å². The van der Waals surface area contributed by atoms with Gasteiger partial charge < -0.3 is 9.64 Å². The Bertz CT molecular complexity index is 882. The summed E-state index contributed by atoms with van der Waals surface area (Å²) in [6.45, 7) is 5.61. The number of rotatable bonds is 7. The smallest absolute Gasteiger partial charge is 0.257 e. The van der Waals surface area contributed by atoms with Crippen LogP contribution in [-0.4, -0.2) is 38.9 Å². The average Bonchev–Trinajstić information content (AvgIpc) is 2.73. The second-order valence-corrected chi connectivity index (χ2v) is 5.93. The van der Waals surface area contributed by atoms with Crippen LogP contribution in [0.4, 0.5) is 0 Å².